The van der Waals surface area contributed by atoms with Crippen LogP contribution in [0.4, 0.5) is 5.69 Å². The number of nitrogens with one attached hydrogen (secondary N) is 1. The number of aryl methyl sites for hydroxylation is 1. The van der Waals surface area contributed by atoms with Crippen LogP contribution in [0.3, 0.4) is 0 Å². The van der Waals surface area contributed by atoms with Crippen molar-refractivity contribution in [3.63, 3.8) is 0 Å². The van der Waals surface area contributed by atoms with Crippen LogP contribution in [-0.2, 0) is 26.2 Å². The summed E-state index contributed by atoms with van der Waals surface area (Å²) in [4.78, 5) is 29.3. The lowest BCUT2D eigenvalue weighted by Crippen LogP contribution is -2.54. The lowest BCUT2D eigenvalue weighted by atomic mass is 9.95. The normalized spacial score (nSPS) is 14.8. The Labute approximate surface area is 238 Å². The zero-order chi connectivity index (χ0) is 28.5. The van der Waals surface area contributed by atoms with E-state index in [1.54, 1.807) is 53.4 Å². The minimum Gasteiger partial charge on any atom is -0.352 e. The molecule has 4 rings (SSSR count). The number of hydrogen-bond donors (Lipinski definition) is 1. The Hall–Kier alpha value is -3.65. The molecule has 2 amide bonds. The van der Waals surface area contributed by atoms with Crippen molar-refractivity contribution < 1.29 is 18.0 Å². The average molecular weight is 562 g/mol. The van der Waals surface area contributed by atoms with E-state index >= 15 is 0 Å². The van der Waals surface area contributed by atoms with E-state index < -0.39 is 28.5 Å². The van der Waals surface area contributed by atoms with Crippen molar-refractivity contribution in [2.24, 2.45) is 0 Å². The van der Waals surface area contributed by atoms with E-state index in [2.05, 4.69) is 5.32 Å². The highest BCUT2D eigenvalue weighted by molar-refractivity contribution is 7.92. The molecule has 0 bridgehead atoms. The molecule has 3 aromatic rings. The Morgan fingerprint density at radius 3 is 2.08 bits per heavy atom. The third kappa shape index (κ3) is 7.30. The van der Waals surface area contributed by atoms with Crippen LogP contribution >= 0.6 is 0 Å². The molecule has 0 aromatic heterocycles. The molecule has 212 valence electrons. The van der Waals surface area contributed by atoms with E-state index in [1.807, 2.05) is 38.1 Å². The number of hydrogen-bond acceptors (Lipinski definition) is 4. The van der Waals surface area contributed by atoms with Crippen LogP contribution in [0.5, 0.6) is 0 Å². The average Bonchev–Trinajstić information content (AvgIpc) is 2.98. The van der Waals surface area contributed by atoms with Gasteiger partial charge in [0.1, 0.15) is 12.6 Å². The van der Waals surface area contributed by atoms with Crippen molar-refractivity contribution in [1.82, 2.24) is 10.2 Å². The van der Waals surface area contributed by atoms with Gasteiger partial charge in [0, 0.05) is 12.6 Å². The highest BCUT2D eigenvalue weighted by atomic mass is 32.2. The van der Waals surface area contributed by atoms with Gasteiger partial charge in [-0.15, -0.1) is 0 Å². The smallest absolute Gasteiger partial charge is 0.264 e. The molecule has 3 aromatic carbocycles. The molecule has 0 radical (unpaired) electrons. The van der Waals surface area contributed by atoms with E-state index in [0.29, 0.717) is 12.1 Å². The third-order valence-electron chi connectivity index (χ3n) is 7.47. The molecule has 0 unspecified atom stereocenters. The lowest BCUT2D eigenvalue weighted by molar-refractivity contribution is -0.140. The van der Waals surface area contributed by atoms with Gasteiger partial charge in [0.05, 0.1) is 10.6 Å². The highest BCUT2D eigenvalue weighted by Crippen LogP contribution is 2.25. The van der Waals surface area contributed by atoms with Crippen LogP contribution in [0.2, 0.25) is 0 Å². The maximum Gasteiger partial charge on any atom is 0.264 e. The third-order valence-corrected chi connectivity index (χ3v) is 9.25. The zero-order valence-electron chi connectivity index (χ0n) is 23.3. The Bertz CT molecular complexity index is 1360. The molecule has 0 spiro atoms. The second kappa shape index (κ2) is 13.6. The quantitative estimate of drug-likeness (QED) is 0.338. The summed E-state index contributed by atoms with van der Waals surface area (Å²) in [6.07, 6.45) is 5.62. The van der Waals surface area contributed by atoms with Gasteiger partial charge in [0.15, 0.2) is 0 Å². The molecule has 0 heterocycles. The first-order valence-corrected chi connectivity index (χ1v) is 15.5. The van der Waals surface area contributed by atoms with Crippen molar-refractivity contribution in [2.75, 3.05) is 10.8 Å². The molecule has 1 atom stereocenters. The van der Waals surface area contributed by atoms with Gasteiger partial charge >= 0.3 is 0 Å². The number of benzene rings is 3. The molecule has 0 saturated heterocycles. The molecule has 1 N–H and O–H groups in total. The van der Waals surface area contributed by atoms with Gasteiger partial charge in [0.2, 0.25) is 11.8 Å². The van der Waals surface area contributed by atoms with E-state index in [4.69, 9.17) is 0 Å². The lowest BCUT2D eigenvalue weighted by Gasteiger charge is -2.34. The van der Waals surface area contributed by atoms with Crippen molar-refractivity contribution in [3.05, 3.63) is 96.1 Å². The van der Waals surface area contributed by atoms with E-state index in [1.165, 1.54) is 18.6 Å². The number of anilines is 1. The van der Waals surface area contributed by atoms with Crippen molar-refractivity contribution in [1.29, 1.82) is 0 Å². The number of carbonyl (C=O) groups excluding carboxylic acids is 2. The Balaban J connectivity index is 1.67. The Morgan fingerprint density at radius 1 is 0.875 bits per heavy atom. The fraction of sp³-hybridized carbons (Fsp3) is 0.375. The summed E-state index contributed by atoms with van der Waals surface area (Å²) in [5, 5.41) is 3.18. The predicted molar refractivity (Wildman–Crippen MR) is 158 cm³/mol. The van der Waals surface area contributed by atoms with Crippen molar-refractivity contribution in [3.8, 4) is 0 Å². The molecule has 40 heavy (non-hydrogen) atoms. The summed E-state index contributed by atoms with van der Waals surface area (Å²) >= 11 is 0. The molecule has 1 fully saturated rings. The van der Waals surface area contributed by atoms with Crippen LogP contribution < -0.4 is 9.62 Å². The maximum atomic E-state index is 14.1. The first-order chi connectivity index (χ1) is 19.3. The molecule has 7 nitrogen and oxygen atoms in total. The maximum absolute atomic E-state index is 14.1. The summed E-state index contributed by atoms with van der Waals surface area (Å²) < 4.78 is 28.7. The van der Waals surface area contributed by atoms with Crippen LogP contribution in [0, 0.1) is 6.92 Å². The second-order valence-electron chi connectivity index (χ2n) is 10.4. The van der Waals surface area contributed by atoms with Gasteiger partial charge in [-0.05, 0) is 56.0 Å². The van der Waals surface area contributed by atoms with E-state index in [0.717, 1.165) is 41.1 Å². The molecule has 8 heteroatoms. The van der Waals surface area contributed by atoms with Gasteiger partial charge < -0.3 is 10.2 Å². The van der Waals surface area contributed by atoms with E-state index in [9.17, 15) is 18.0 Å². The van der Waals surface area contributed by atoms with Crippen LogP contribution in [-0.4, -0.2) is 43.8 Å². The number of sulfonamides is 1. The fourth-order valence-corrected chi connectivity index (χ4v) is 6.63. The summed E-state index contributed by atoms with van der Waals surface area (Å²) in [5.74, 6) is -0.624. The first-order valence-electron chi connectivity index (χ1n) is 14.1. The van der Waals surface area contributed by atoms with Gasteiger partial charge in [-0.1, -0.05) is 92.4 Å². The SMILES string of the molecule is CC[C@@H](C(=O)NC1CCCCC1)N(Cc1ccc(C)cc1)C(=O)CN(c1ccccc1)S(=O)(=O)c1ccccc1. The summed E-state index contributed by atoms with van der Waals surface area (Å²) in [7, 11) is -4.05. The van der Waals surface area contributed by atoms with Crippen LogP contribution in [0.15, 0.2) is 89.8 Å². The second-order valence-corrected chi connectivity index (χ2v) is 12.3. The Kier molecular flexibility index (Phi) is 9.98. The molecule has 0 aliphatic heterocycles. The number of nitrogens with zero attached hydrogens (tertiary/aromatic N) is 2. The molecule has 1 saturated carbocycles. The minimum absolute atomic E-state index is 0.0961. The number of carbonyl (C=O) groups is 2. The molecular weight excluding hydrogens is 522 g/mol. The van der Waals surface area contributed by atoms with Crippen molar-refractivity contribution >= 4 is 27.5 Å². The monoisotopic (exact) mass is 561 g/mol. The van der Waals surface area contributed by atoms with Crippen LogP contribution in [0.1, 0.15) is 56.6 Å². The molecule has 1 aliphatic carbocycles. The van der Waals surface area contributed by atoms with Gasteiger partial charge in [0.25, 0.3) is 10.0 Å². The van der Waals surface area contributed by atoms with E-state index in [-0.39, 0.29) is 23.4 Å². The minimum atomic E-state index is -4.05. The number of para-hydroxylation sites is 1. The summed E-state index contributed by atoms with van der Waals surface area (Å²) in [5.41, 5.74) is 2.35. The van der Waals surface area contributed by atoms with Gasteiger partial charge in [-0.2, -0.15) is 0 Å². The number of amides is 2. The highest BCUT2D eigenvalue weighted by Gasteiger charge is 2.34. The van der Waals surface area contributed by atoms with Crippen molar-refractivity contribution in [2.45, 2.75) is 75.9 Å². The molecule has 1 aliphatic rings. The zero-order valence-corrected chi connectivity index (χ0v) is 24.1. The standard InChI is InChI=1S/C32H39N3O4S/c1-3-30(32(37)33-27-13-7-4-8-14-27)34(23-26-21-19-25(2)20-22-26)31(36)24-35(28-15-9-5-10-16-28)40(38,39)29-17-11-6-12-18-29/h5-6,9-12,15-22,27,30H,3-4,7-8,13-14,23-24H2,1-2H3,(H,33,37)/t30-/m0/s1. The predicted octanol–water partition coefficient (Wildman–Crippen LogP) is 5.45. The first kappa shape index (κ1) is 29.3. The fourth-order valence-electron chi connectivity index (χ4n) is 5.20. The Morgan fingerprint density at radius 2 is 1.48 bits per heavy atom. The van der Waals surface area contributed by atoms with Gasteiger partial charge in [-0.25, -0.2) is 8.42 Å². The van der Waals surface area contributed by atoms with Gasteiger partial charge in [-0.3, -0.25) is 13.9 Å². The largest absolute Gasteiger partial charge is 0.352 e. The molecular formula is C32H39N3O4S. The summed E-state index contributed by atoms with van der Waals surface area (Å²) in [6.45, 7) is 3.64. The number of rotatable bonds is 11. The van der Waals surface area contributed by atoms with Crippen LogP contribution in [0.25, 0.3) is 0 Å². The topological polar surface area (TPSA) is 86.8 Å². The summed E-state index contributed by atoms with van der Waals surface area (Å²) in [6, 6.07) is 23.9.